The zero-order chi connectivity index (χ0) is 9.76. The van der Waals surface area contributed by atoms with Crippen LogP contribution < -0.4 is 0 Å². The zero-order valence-electron chi connectivity index (χ0n) is 8.49. The minimum absolute atomic E-state index is 0.0123. The van der Waals surface area contributed by atoms with E-state index in [1.807, 2.05) is 0 Å². The van der Waals surface area contributed by atoms with Crippen molar-refractivity contribution < 1.29 is 14.3 Å². The summed E-state index contributed by atoms with van der Waals surface area (Å²) >= 11 is 0. The monoisotopic (exact) mass is 196 g/mol. The molecule has 0 aromatic carbocycles. The Labute approximate surface area is 83.8 Å². The van der Waals surface area contributed by atoms with Gasteiger partial charge in [0.05, 0.1) is 25.7 Å². The van der Waals surface area contributed by atoms with Crippen molar-refractivity contribution >= 4 is 5.97 Å². The summed E-state index contributed by atoms with van der Waals surface area (Å²) in [6, 6.07) is 0. The van der Waals surface area contributed by atoms with Gasteiger partial charge in [-0.15, -0.1) is 0 Å². The van der Waals surface area contributed by atoms with Gasteiger partial charge in [-0.3, -0.25) is 4.79 Å². The molecule has 3 fully saturated rings. The minimum Gasteiger partial charge on any atom is -0.469 e. The molecule has 1 atom stereocenters. The molecule has 14 heavy (non-hydrogen) atoms. The lowest BCUT2D eigenvalue weighted by Gasteiger charge is -2.56. The second kappa shape index (κ2) is 2.72. The highest BCUT2D eigenvalue weighted by Gasteiger charge is 2.58. The van der Waals surface area contributed by atoms with E-state index in [0.29, 0.717) is 11.5 Å². The Morgan fingerprint density at radius 3 is 2.50 bits per heavy atom. The van der Waals surface area contributed by atoms with Gasteiger partial charge in [0.15, 0.2) is 0 Å². The molecule has 1 aliphatic heterocycles. The Morgan fingerprint density at radius 2 is 2.00 bits per heavy atom. The van der Waals surface area contributed by atoms with E-state index in [1.54, 1.807) is 0 Å². The first-order valence-electron chi connectivity index (χ1n) is 5.42. The van der Waals surface area contributed by atoms with Crippen molar-refractivity contribution in [1.82, 2.24) is 0 Å². The lowest BCUT2D eigenvalue weighted by atomic mass is 9.47. The average molecular weight is 196 g/mol. The van der Waals surface area contributed by atoms with Crippen molar-refractivity contribution in [2.45, 2.75) is 31.8 Å². The molecule has 0 aromatic heterocycles. The molecule has 3 nitrogen and oxygen atoms in total. The summed E-state index contributed by atoms with van der Waals surface area (Å²) in [4.78, 5) is 11.2. The number of carbonyl (C=O) groups is 1. The predicted octanol–water partition coefficient (Wildman–Crippen LogP) is 1.36. The molecule has 78 valence electrons. The molecule has 0 radical (unpaired) electrons. The van der Waals surface area contributed by atoms with Crippen molar-refractivity contribution in [3.8, 4) is 0 Å². The Hall–Kier alpha value is -0.570. The molecular formula is C11H16O3. The number of ether oxygens (including phenoxy) is 2. The molecule has 3 heteroatoms. The summed E-state index contributed by atoms with van der Waals surface area (Å²) in [7, 11) is 1.48. The van der Waals surface area contributed by atoms with Crippen LogP contribution in [0.2, 0.25) is 0 Å². The zero-order valence-corrected chi connectivity index (χ0v) is 8.49. The third-order valence-electron chi connectivity index (χ3n) is 4.17. The van der Waals surface area contributed by atoms with Crippen molar-refractivity contribution in [3.63, 3.8) is 0 Å². The largest absolute Gasteiger partial charge is 0.469 e. The van der Waals surface area contributed by atoms with Crippen LogP contribution in [-0.4, -0.2) is 25.8 Å². The van der Waals surface area contributed by atoms with E-state index >= 15 is 0 Å². The Balaban J connectivity index is 1.48. The first kappa shape index (κ1) is 8.72. The van der Waals surface area contributed by atoms with Crippen molar-refractivity contribution in [1.29, 1.82) is 0 Å². The molecule has 2 aliphatic carbocycles. The van der Waals surface area contributed by atoms with Gasteiger partial charge >= 0.3 is 5.97 Å². The normalized spacial score (nSPS) is 49.4. The minimum atomic E-state index is -0.0123. The van der Waals surface area contributed by atoms with Crippen LogP contribution >= 0.6 is 0 Å². The number of methoxy groups -OCH3 is 1. The van der Waals surface area contributed by atoms with E-state index in [-0.39, 0.29) is 11.9 Å². The van der Waals surface area contributed by atoms with Gasteiger partial charge in [0.25, 0.3) is 0 Å². The SMILES string of the molecule is COC(=O)C1CC2(C1)CC(C1CO1)C2. The van der Waals surface area contributed by atoms with Gasteiger partial charge in [-0.25, -0.2) is 0 Å². The van der Waals surface area contributed by atoms with Crippen molar-refractivity contribution in [2.75, 3.05) is 13.7 Å². The number of epoxide rings is 1. The molecule has 3 aliphatic rings. The molecule has 1 unspecified atom stereocenters. The van der Waals surface area contributed by atoms with Gasteiger partial charge in [-0.1, -0.05) is 0 Å². The summed E-state index contributed by atoms with van der Waals surface area (Å²) in [6.07, 6.45) is 5.25. The van der Waals surface area contributed by atoms with Crippen LogP contribution in [0.25, 0.3) is 0 Å². The fraction of sp³-hybridized carbons (Fsp3) is 0.909. The lowest BCUT2D eigenvalue weighted by Crippen LogP contribution is -2.51. The van der Waals surface area contributed by atoms with E-state index < -0.39 is 0 Å². The van der Waals surface area contributed by atoms with Gasteiger partial charge < -0.3 is 9.47 Å². The Kier molecular flexibility index (Phi) is 1.69. The molecule has 0 bridgehead atoms. The van der Waals surface area contributed by atoms with Crippen LogP contribution in [0.1, 0.15) is 25.7 Å². The molecule has 2 saturated carbocycles. The molecule has 1 heterocycles. The summed E-state index contributed by atoms with van der Waals surface area (Å²) in [5.74, 6) is 0.983. The second-order valence-corrected chi connectivity index (χ2v) is 5.17. The number of rotatable bonds is 2. The average Bonchev–Trinajstić information content (AvgIpc) is 2.82. The molecule has 1 spiro atoms. The quantitative estimate of drug-likeness (QED) is 0.494. The molecule has 0 aromatic rings. The summed E-state index contributed by atoms with van der Waals surface area (Å²) in [5.41, 5.74) is 0.509. The molecule has 0 N–H and O–H groups in total. The highest BCUT2D eigenvalue weighted by Crippen LogP contribution is 2.63. The van der Waals surface area contributed by atoms with Crippen LogP contribution in [0.4, 0.5) is 0 Å². The lowest BCUT2D eigenvalue weighted by molar-refractivity contribution is -0.162. The molecule has 0 amide bonds. The summed E-state index contributed by atoms with van der Waals surface area (Å²) in [6.45, 7) is 0.973. The van der Waals surface area contributed by atoms with E-state index in [1.165, 1.54) is 20.0 Å². The van der Waals surface area contributed by atoms with Crippen molar-refractivity contribution in [3.05, 3.63) is 0 Å². The van der Waals surface area contributed by atoms with Crippen LogP contribution in [0, 0.1) is 17.3 Å². The van der Waals surface area contributed by atoms with Crippen LogP contribution in [-0.2, 0) is 14.3 Å². The van der Waals surface area contributed by atoms with Gasteiger partial charge in [-0.05, 0) is 37.0 Å². The van der Waals surface area contributed by atoms with Crippen LogP contribution in [0.3, 0.4) is 0 Å². The Bertz CT molecular complexity index is 256. The maximum absolute atomic E-state index is 11.2. The van der Waals surface area contributed by atoms with E-state index in [0.717, 1.165) is 25.4 Å². The fourth-order valence-corrected chi connectivity index (χ4v) is 3.30. The Morgan fingerprint density at radius 1 is 1.36 bits per heavy atom. The third kappa shape index (κ3) is 1.18. The molecule has 3 rings (SSSR count). The van der Waals surface area contributed by atoms with Crippen LogP contribution in [0.5, 0.6) is 0 Å². The first-order chi connectivity index (χ1) is 6.72. The summed E-state index contributed by atoms with van der Waals surface area (Å²) < 4.78 is 10.0. The van der Waals surface area contributed by atoms with Crippen LogP contribution in [0.15, 0.2) is 0 Å². The maximum atomic E-state index is 11.2. The summed E-state index contributed by atoms with van der Waals surface area (Å²) in [5, 5.41) is 0. The van der Waals surface area contributed by atoms with Gasteiger partial charge in [-0.2, -0.15) is 0 Å². The second-order valence-electron chi connectivity index (χ2n) is 5.17. The molecule has 1 saturated heterocycles. The topological polar surface area (TPSA) is 38.8 Å². The highest BCUT2D eigenvalue weighted by atomic mass is 16.6. The van der Waals surface area contributed by atoms with Gasteiger partial charge in [0.1, 0.15) is 0 Å². The van der Waals surface area contributed by atoms with E-state index in [4.69, 9.17) is 9.47 Å². The van der Waals surface area contributed by atoms with Crippen molar-refractivity contribution in [2.24, 2.45) is 17.3 Å². The van der Waals surface area contributed by atoms with E-state index in [2.05, 4.69) is 0 Å². The number of esters is 1. The highest BCUT2D eigenvalue weighted by molar-refractivity contribution is 5.73. The molecular weight excluding hydrogens is 180 g/mol. The number of carbonyl (C=O) groups excluding carboxylic acids is 1. The predicted molar refractivity (Wildman–Crippen MR) is 49.6 cm³/mol. The maximum Gasteiger partial charge on any atom is 0.308 e. The van der Waals surface area contributed by atoms with E-state index in [9.17, 15) is 4.79 Å². The number of hydrogen-bond donors (Lipinski definition) is 0. The smallest absolute Gasteiger partial charge is 0.308 e. The fourth-order valence-electron chi connectivity index (χ4n) is 3.30. The third-order valence-corrected chi connectivity index (χ3v) is 4.17. The number of hydrogen-bond acceptors (Lipinski definition) is 3. The van der Waals surface area contributed by atoms with Gasteiger partial charge in [0.2, 0.25) is 0 Å². The standard InChI is InChI=1S/C11H16O3/c1-13-10(12)8-4-11(5-8)2-7(3-11)9-6-14-9/h7-9H,2-6H2,1H3. The van der Waals surface area contributed by atoms with Gasteiger partial charge in [0, 0.05) is 0 Å². The first-order valence-corrected chi connectivity index (χ1v) is 5.42.